The molecule has 0 aromatic rings. The van der Waals surface area contributed by atoms with Crippen molar-refractivity contribution in [1.82, 2.24) is 0 Å². The quantitative estimate of drug-likeness (QED) is 0.117. The Labute approximate surface area is 347 Å². The van der Waals surface area contributed by atoms with Gasteiger partial charge < -0.3 is 0 Å². The van der Waals surface area contributed by atoms with Crippen LogP contribution in [0.15, 0.2) is 0 Å². The maximum absolute atomic E-state index is 7.50. The van der Waals surface area contributed by atoms with Gasteiger partial charge in [-0.05, 0) is 176 Å². The van der Waals surface area contributed by atoms with Crippen LogP contribution in [0, 0.1) is 201 Å². The topological polar surface area (TPSA) is 79.6 Å². The maximum atomic E-state index is 7.50. The molecule has 0 N–H and O–H groups in total. The summed E-state index contributed by atoms with van der Waals surface area (Å²) in [6.07, 6.45) is 44.1. The van der Waals surface area contributed by atoms with Crippen LogP contribution in [0.4, 0.5) is 0 Å². The first-order valence-electron chi connectivity index (χ1n) is 13.3. The molecular weight excluding hydrogens is 846 g/mol. The fourth-order valence-electron chi connectivity index (χ4n) is 3.64. The van der Waals surface area contributed by atoms with Crippen molar-refractivity contribution in [2.45, 2.75) is 40.5 Å². The molecule has 0 unspecified atom stereocenters. The van der Waals surface area contributed by atoms with Crippen LogP contribution in [0.1, 0.15) is 40.5 Å². The molecule has 4 saturated carbocycles. The van der Waals surface area contributed by atoms with Crippen molar-refractivity contribution >= 4 is 17.2 Å². The van der Waals surface area contributed by atoms with Crippen molar-refractivity contribution in [2.24, 2.45) is 0 Å². The van der Waals surface area contributed by atoms with Gasteiger partial charge in [0.1, 0.15) is 0 Å². The minimum atomic E-state index is 0. The monoisotopic (exact) mass is 884 g/mol. The summed E-state index contributed by atoms with van der Waals surface area (Å²) >= 11 is 0. The summed E-state index contributed by atoms with van der Waals surface area (Å²) in [5.41, 5.74) is 3.12. The molecule has 246 valence electrons. The average Bonchev–Trinajstić information content (AvgIpc) is 3.94. The molecule has 6 fully saturated rings. The molecule has 4 aliphatic carbocycles. The second-order valence-corrected chi connectivity index (χ2v) is 11.0. The summed E-state index contributed by atoms with van der Waals surface area (Å²) in [5.74, 6) is 8.74. The van der Waals surface area contributed by atoms with E-state index in [1.807, 2.05) is 64.2 Å². The van der Waals surface area contributed by atoms with E-state index in [1.54, 1.807) is 11.3 Å². The van der Waals surface area contributed by atoms with Gasteiger partial charge in [-0.25, -0.2) is 0 Å². The van der Waals surface area contributed by atoms with E-state index < -0.39 is 0 Å². The molecule has 30 radical (unpaired) electrons. The van der Waals surface area contributed by atoms with Crippen molar-refractivity contribution < 1.29 is 90.9 Å². The maximum Gasteiger partial charge on any atom is 2.00 e. The molecule has 0 spiro atoms. The van der Waals surface area contributed by atoms with Crippen molar-refractivity contribution in [3.63, 3.8) is 0 Å². The van der Waals surface area contributed by atoms with E-state index in [2.05, 4.69) is 118 Å². The zero-order valence-corrected chi connectivity index (χ0v) is 34.1. The number of hydrogen-bond acceptors (Lipinski definition) is 0. The SMILES string of the molecule is C[C]1[CH][P][C](C[C]2[CH][CH][CH][CH]2)[C]1C.C[C]1[CH][P][C](C[C]2[CH][CH][CH][CH]2)[C]1C.[C-]#[O+].[C-]#[O+].[C-]#[O+].[C-]#[O+].[CH]1[CH][CH][CH][CH]1.[CH]1[CH][CH][CH][CH]1.[Fe+2].[Fe+2].[Fe+2].[Mo]. The van der Waals surface area contributed by atoms with Gasteiger partial charge in [0.25, 0.3) is 0 Å². The zero-order chi connectivity index (χ0) is 33.6. The summed E-state index contributed by atoms with van der Waals surface area (Å²) in [5, 5.41) is 0. The van der Waals surface area contributed by atoms with Gasteiger partial charge in [0.05, 0.1) is 0 Å². The molecule has 2 heterocycles. The van der Waals surface area contributed by atoms with E-state index in [9.17, 15) is 0 Å². The fourth-order valence-corrected chi connectivity index (χ4v) is 6.01. The first kappa shape index (κ1) is 62.1. The Morgan fingerprint density at radius 1 is 0.417 bits per heavy atom. The molecule has 2 saturated heterocycles. The molecule has 0 amide bonds. The average molecular weight is 882 g/mol. The molecule has 48 heavy (non-hydrogen) atoms. The van der Waals surface area contributed by atoms with E-state index in [-0.39, 0.29) is 72.3 Å². The Kier molecular flexibility index (Phi) is 58.5. The Hall–Kier alpha value is 2.07. The third kappa shape index (κ3) is 29.5. The predicted molar refractivity (Wildman–Crippen MR) is 173 cm³/mol. The van der Waals surface area contributed by atoms with E-state index in [0.717, 1.165) is 12.8 Å². The Morgan fingerprint density at radius 3 is 0.792 bits per heavy atom. The van der Waals surface area contributed by atoms with Crippen molar-refractivity contribution in [3.8, 4) is 0 Å². The van der Waals surface area contributed by atoms with Crippen LogP contribution in [0.2, 0.25) is 0 Å². The molecule has 2 aliphatic heterocycles. The van der Waals surface area contributed by atoms with Gasteiger partial charge in [-0.3, -0.25) is 0 Å². The molecule has 0 atom stereocenters. The Balaban J connectivity index is -0.000000118. The van der Waals surface area contributed by atoms with Crippen LogP contribution in [0.5, 0.6) is 0 Å². The van der Waals surface area contributed by atoms with Crippen LogP contribution in [-0.2, 0) is 90.9 Å². The first-order valence-corrected chi connectivity index (χ1v) is 15.2. The molecule has 6 rings (SSSR count). The smallest absolute Gasteiger partial charge is 0.0312 e. The van der Waals surface area contributed by atoms with Crippen LogP contribution in [-0.4, -0.2) is 0 Å². The van der Waals surface area contributed by atoms with Crippen molar-refractivity contribution in [1.29, 1.82) is 0 Å². The molecule has 0 bridgehead atoms. The van der Waals surface area contributed by atoms with Crippen LogP contribution in [0.25, 0.3) is 0 Å². The zero-order valence-electron chi connectivity index (χ0n) is 27.0. The standard InChI is InChI=1S/2C12H13P.2C5H5.4CO.3Fe.Mo/c2*1-9-8-13-12(10(9)2)7-11-5-3-4-6-11;2*1-2-4-5-3-1;4*1-2;;;;/h2*3-6,8H,7H2,1-2H3;2*1-5H;;;;;;;;/q;;;;;;;;3*+2;. The first-order chi connectivity index (χ1) is 21.5. The third-order valence-corrected chi connectivity index (χ3v) is 8.84. The second kappa shape index (κ2) is 45.2. The van der Waals surface area contributed by atoms with Gasteiger partial charge >= 0.3 is 96.4 Å². The molecular formula is C38H36Fe3MoO4P2+6. The summed E-state index contributed by atoms with van der Waals surface area (Å²) in [7, 11) is 2.79. The molecule has 0 aromatic heterocycles. The minimum absolute atomic E-state index is 0. The molecule has 0 aromatic carbocycles. The van der Waals surface area contributed by atoms with Gasteiger partial charge in [0, 0.05) is 32.4 Å². The van der Waals surface area contributed by atoms with Gasteiger partial charge in [-0.15, -0.1) is 0 Å². The molecule has 6 aliphatic rings. The third-order valence-electron chi connectivity index (χ3n) is 6.19. The number of rotatable bonds is 4. The van der Waals surface area contributed by atoms with Crippen LogP contribution >= 0.6 is 17.2 Å². The number of hydrogen-bond donors (Lipinski definition) is 0. The van der Waals surface area contributed by atoms with Gasteiger partial charge in [-0.1, -0.05) is 44.9 Å². The van der Waals surface area contributed by atoms with E-state index in [4.69, 9.17) is 18.6 Å². The summed E-state index contributed by atoms with van der Waals surface area (Å²) in [4.78, 5) is 0. The van der Waals surface area contributed by atoms with E-state index in [1.165, 1.54) is 52.7 Å². The molecule has 10 heteroatoms. The Morgan fingerprint density at radius 2 is 0.625 bits per heavy atom. The van der Waals surface area contributed by atoms with Crippen molar-refractivity contribution in [2.75, 3.05) is 0 Å². The fraction of sp³-hybridized carbons (Fsp3) is 0.158. The summed E-state index contributed by atoms with van der Waals surface area (Å²) < 4.78 is 30.0. The minimum Gasteiger partial charge on any atom is -0.0312 e. The van der Waals surface area contributed by atoms with E-state index in [0.29, 0.717) is 0 Å². The summed E-state index contributed by atoms with van der Waals surface area (Å²) in [6.45, 7) is 26.8. The van der Waals surface area contributed by atoms with Crippen molar-refractivity contribution in [3.05, 3.63) is 201 Å². The second-order valence-electron chi connectivity index (χ2n) is 8.89. The van der Waals surface area contributed by atoms with Crippen LogP contribution in [0.3, 0.4) is 0 Å². The summed E-state index contributed by atoms with van der Waals surface area (Å²) in [6, 6.07) is 0. The molecule has 4 nitrogen and oxygen atoms in total. The largest absolute Gasteiger partial charge is 2.00 e. The normalized spacial score (nSPS) is 21.9. The van der Waals surface area contributed by atoms with Gasteiger partial charge in [0.2, 0.25) is 0 Å². The predicted octanol–water partition coefficient (Wildman–Crippen LogP) is 9.13. The van der Waals surface area contributed by atoms with E-state index >= 15 is 0 Å². The van der Waals surface area contributed by atoms with Gasteiger partial charge in [-0.2, -0.15) is 0 Å². The van der Waals surface area contributed by atoms with Gasteiger partial charge in [0.15, 0.2) is 0 Å². The van der Waals surface area contributed by atoms with Crippen LogP contribution < -0.4 is 0 Å². The Bertz CT molecular complexity index is 636.